The van der Waals surface area contributed by atoms with E-state index in [1.165, 1.54) is 0 Å². The van der Waals surface area contributed by atoms with Crippen molar-refractivity contribution in [3.63, 3.8) is 0 Å². The number of hydrogen-bond acceptors (Lipinski definition) is 3. The SMILES string of the molecule is OCCNCCCOc1ccccc1. The molecule has 0 saturated carbocycles. The summed E-state index contributed by atoms with van der Waals surface area (Å²) in [6, 6.07) is 9.77. The lowest BCUT2D eigenvalue weighted by atomic mass is 10.3. The lowest BCUT2D eigenvalue weighted by molar-refractivity contribution is 0.282. The molecule has 0 bridgehead atoms. The van der Waals surface area contributed by atoms with Gasteiger partial charge >= 0.3 is 0 Å². The third-order valence-electron chi connectivity index (χ3n) is 1.80. The van der Waals surface area contributed by atoms with E-state index in [-0.39, 0.29) is 6.61 Å². The summed E-state index contributed by atoms with van der Waals surface area (Å²) in [6.07, 6.45) is 0.953. The van der Waals surface area contributed by atoms with Gasteiger partial charge in [0.2, 0.25) is 0 Å². The molecule has 0 aliphatic heterocycles. The topological polar surface area (TPSA) is 41.5 Å². The van der Waals surface area contributed by atoms with Gasteiger partial charge in [0.1, 0.15) is 5.75 Å². The summed E-state index contributed by atoms with van der Waals surface area (Å²) >= 11 is 0. The number of rotatable bonds is 7. The van der Waals surface area contributed by atoms with Crippen LogP contribution >= 0.6 is 0 Å². The first-order valence-corrected chi connectivity index (χ1v) is 4.93. The molecule has 1 rings (SSSR count). The van der Waals surface area contributed by atoms with E-state index in [4.69, 9.17) is 9.84 Å². The van der Waals surface area contributed by atoms with Crippen LogP contribution in [0.15, 0.2) is 30.3 Å². The van der Waals surface area contributed by atoms with Crippen LogP contribution in [0.1, 0.15) is 6.42 Å². The molecule has 0 aromatic heterocycles. The van der Waals surface area contributed by atoms with E-state index in [1.807, 2.05) is 30.3 Å². The Bertz CT molecular complexity index is 226. The van der Waals surface area contributed by atoms with Crippen molar-refractivity contribution >= 4 is 0 Å². The molecular formula is C11H17NO2. The van der Waals surface area contributed by atoms with Gasteiger partial charge in [0.05, 0.1) is 13.2 Å². The van der Waals surface area contributed by atoms with E-state index >= 15 is 0 Å². The maximum Gasteiger partial charge on any atom is 0.119 e. The number of benzene rings is 1. The summed E-state index contributed by atoms with van der Waals surface area (Å²) in [6.45, 7) is 2.45. The fourth-order valence-corrected chi connectivity index (χ4v) is 1.11. The zero-order chi connectivity index (χ0) is 10.1. The highest BCUT2D eigenvalue weighted by molar-refractivity contribution is 5.20. The quantitative estimate of drug-likeness (QED) is 0.639. The van der Waals surface area contributed by atoms with Crippen molar-refractivity contribution in [3.05, 3.63) is 30.3 Å². The molecule has 78 valence electrons. The molecule has 2 N–H and O–H groups in total. The van der Waals surface area contributed by atoms with Gasteiger partial charge in [-0.3, -0.25) is 0 Å². The van der Waals surface area contributed by atoms with Crippen molar-refractivity contribution in [1.29, 1.82) is 0 Å². The van der Waals surface area contributed by atoms with Gasteiger partial charge in [-0.1, -0.05) is 18.2 Å². The minimum atomic E-state index is 0.194. The fraction of sp³-hybridized carbons (Fsp3) is 0.455. The Morgan fingerprint density at radius 3 is 2.64 bits per heavy atom. The second-order valence-corrected chi connectivity index (χ2v) is 2.99. The number of ether oxygens (including phenoxy) is 1. The number of hydrogen-bond donors (Lipinski definition) is 2. The van der Waals surface area contributed by atoms with E-state index < -0.39 is 0 Å². The summed E-state index contributed by atoms with van der Waals surface area (Å²) in [5, 5.41) is 11.6. The smallest absolute Gasteiger partial charge is 0.119 e. The molecule has 0 heterocycles. The molecule has 0 aliphatic rings. The van der Waals surface area contributed by atoms with E-state index in [0.717, 1.165) is 18.7 Å². The molecule has 0 unspecified atom stereocenters. The van der Waals surface area contributed by atoms with E-state index in [2.05, 4.69) is 5.32 Å². The molecule has 0 atom stereocenters. The summed E-state index contributed by atoms with van der Waals surface area (Å²) in [5.74, 6) is 0.912. The average molecular weight is 195 g/mol. The van der Waals surface area contributed by atoms with Crippen LogP contribution in [0.2, 0.25) is 0 Å². The van der Waals surface area contributed by atoms with Crippen LogP contribution in [0.3, 0.4) is 0 Å². The molecule has 0 amide bonds. The fourth-order valence-electron chi connectivity index (χ4n) is 1.11. The van der Waals surface area contributed by atoms with Gasteiger partial charge in [-0.15, -0.1) is 0 Å². The van der Waals surface area contributed by atoms with Crippen LogP contribution in [-0.2, 0) is 0 Å². The Hall–Kier alpha value is -1.06. The largest absolute Gasteiger partial charge is 0.494 e. The maximum atomic E-state index is 8.51. The summed E-state index contributed by atoms with van der Waals surface area (Å²) in [4.78, 5) is 0. The minimum absolute atomic E-state index is 0.194. The number of aliphatic hydroxyl groups excluding tert-OH is 1. The Morgan fingerprint density at radius 1 is 1.14 bits per heavy atom. The molecular weight excluding hydrogens is 178 g/mol. The molecule has 0 saturated heterocycles. The molecule has 0 fully saturated rings. The summed E-state index contributed by atoms with van der Waals surface area (Å²) < 4.78 is 5.48. The van der Waals surface area contributed by atoms with E-state index in [9.17, 15) is 0 Å². The molecule has 0 spiro atoms. The molecule has 1 aromatic rings. The van der Waals surface area contributed by atoms with Crippen molar-refractivity contribution in [3.8, 4) is 5.75 Å². The summed E-state index contributed by atoms with van der Waals surface area (Å²) in [7, 11) is 0. The zero-order valence-electron chi connectivity index (χ0n) is 8.28. The monoisotopic (exact) mass is 195 g/mol. The highest BCUT2D eigenvalue weighted by Gasteiger charge is 1.91. The second-order valence-electron chi connectivity index (χ2n) is 2.99. The third-order valence-corrected chi connectivity index (χ3v) is 1.80. The highest BCUT2D eigenvalue weighted by Crippen LogP contribution is 2.07. The van der Waals surface area contributed by atoms with Crippen molar-refractivity contribution in [2.75, 3.05) is 26.3 Å². The number of nitrogens with one attached hydrogen (secondary N) is 1. The van der Waals surface area contributed by atoms with Gasteiger partial charge in [0.25, 0.3) is 0 Å². The van der Waals surface area contributed by atoms with E-state index in [0.29, 0.717) is 13.2 Å². The Kier molecular flexibility index (Phi) is 5.79. The minimum Gasteiger partial charge on any atom is -0.494 e. The van der Waals surface area contributed by atoms with Gasteiger partial charge in [-0.25, -0.2) is 0 Å². The van der Waals surface area contributed by atoms with Crippen LogP contribution in [-0.4, -0.2) is 31.4 Å². The standard InChI is InChI=1S/C11H17NO2/c13-9-8-12-7-4-10-14-11-5-2-1-3-6-11/h1-3,5-6,12-13H,4,7-10H2. The van der Waals surface area contributed by atoms with Crippen LogP contribution in [0.25, 0.3) is 0 Å². The first-order valence-electron chi connectivity index (χ1n) is 4.93. The Labute approximate surface area is 84.7 Å². The van der Waals surface area contributed by atoms with Gasteiger partial charge in [-0.2, -0.15) is 0 Å². The molecule has 14 heavy (non-hydrogen) atoms. The van der Waals surface area contributed by atoms with Gasteiger partial charge < -0.3 is 15.2 Å². The predicted octanol–water partition coefficient (Wildman–Crippen LogP) is 1.04. The molecule has 0 radical (unpaired) electrons. The maximum absolute atomic E-state index is 8.51. The molecule has 3 heteroatoms. The van der Waals surface area contributed by atoms with Gasteiger partial charge in [-0.05, 0) is 25.1 Å². The Morgan fingerprint density at radius 2 is 1.93 bits per heavy atom. The van der Waals surface area contributed by atoms with Gasteiger partial charge in [0.15, 0.2) is 0 Å². The van der Waals surface area contributed by atoms with Crippen molar-refractivity contribution < 1.29 is 9.84 Å². The van der Waals surface area contributed by atoms with Crippen molar-refractivity contribution in [2.45, 2.75) is 6.42 Å². The normalized spacial score (nSPS) is 10.1. The van der Waals surface area contributed by atoms with E-state index in [1.54, 1.807) is 0 Å². The lowest BCUT2D eigenvalue weighted by Crippen LogP contribution is -2.20. The lowest BCUT2D eigenvalue weighted by Gasteiger charge is -2.05. The second kappa shape index (κ2) is 7.35. The van der Waals surface area contributed by atoms with Crippen LogP contribution in [0, 0.1) is 0 Å². The van der Waals surface area contributed by atoms with Crippen LogP contribution in [0.4, 0.5) is 0 Å². The first-order chi connectivity index (χ1) is 6.93. The van der Waals surface area contributed by atoms with Crippen LogP contribution < -0.4 is 10.1 Å². The zero-order valence-corrected chi connectivity index (χ0v) is 8.28. The molecule has 3 nitrogen and oxygen atoms in total. The van der Waals surface area contributed by atoms with Crippen LogP contribution in [0.5, 0.6) is 5.75 Å². The van der Waals surface area contributed by atoms with Crippen molar-refractivity contribution in [2.24, 2.45) is 0 Å². The average Bonchev–Trinajstić information content (AvgIpc) is 2.25. The number of aliphatic hydroxyl groups is 1. The van der Waals surface area contributed by atoms with Gasteiger partial charge in [0, 0.05) is 6.54 Å². The number of para-hydroxylation sites is 1. The highest BCUT2D eigenvalue weighted by atomic mass is 16.5. The Balaban J connectivity index is 1.99. The molecule has 1 aromatic carbocycles. The summed E-state index contributed by atoms with van der Waals surface area (Å²) in [5.41, 5.74) is 0. The first kappa shape index (κ1) is 11.0. The third kappa shape index (κ3) is 4.84. The molecule has 0 aliphatic carbocycles. The van der Waals surface area contributed by atoms with Crippen molar-refractivity contribution in [1.82, 2.24) is 5.32 Å². The predicted molar refractivity (Wildman–Crippen MR) is 56.5 cm³/mol.